The maximum Gasteiger partial charge on any atom is 0.254 e. The summed E-state index contributed by atoms with van der Waals surface area (Å²) in [4.78, 5) is 12.3. The normalized spacial score (nSPS) is 20.2. The van der Waals surface area contributed by atoms with Crippen LogP contribution in [0.15, 0.2) is 23.1 Å². The van der Waals surface area contributed by atoms with Crippen LogP contribution in [-0.2, 0) is 10.0 Å². The highest BCUT2D eigenvalue weighted by Crippen LogP contribution is 2.23. The van der Waals surface area contributed by atoms with Gasteiger partial charge in [-0.05, 0) is 43.9 Å². The molecule has 1 aromatic rings. The molecule has 132 valence electrons. The third-order valence-corrected chi connectivity index (χ3v) is 6.72. The molecule has 0 bridgehead atoms. The first-order valence-electron chi connectivity index (χ1n) is 8.59. The standard InChI is InChI=1S/C17H23FN2O3S/c18-16-9-8-14(24(22,23)20-10-4-1-5-11-20)12-15(16)17(21)19-13-6-2-3-7-13/h8-9,12-13H,1-7,10-11H2,(H,19,21). The topological polar surface area (TPSA) is 66.5 Å². The van der Waals surface area contributed by atoms with Crippen molar-refractivity contribution < 1.29 is 17.6 Å². The van der Waals surface area contributed by atoms with Gasteiger partial charge in [0.25, 0.3) is 5.91 Å². The molecule has 3 rings (SSSR count). The maximum atomic E-state index is 14.1. The highest BCUT2D eigenvalue weighted by molar-refractivity contribution is 7.89. The highest BCUT2D eigenvalue weighted by atomic mass is 32.2. The van der Waals surface area contributed by atoms with Gasteiger partial charge in [0.15, 0.2) is 0 Å². The van der Waals surface area contributed by atoms with Crippen molar-refractivity contribution >= 4 is 15.9 Å². The molecule has 1 heterocycles. The summed E-state index contributed by atoms with van der Waals surface area (Å²) in [5.41, 5.74) is -0.194. The quantitative estimate of drug-likeness (QED) is 0.904. The molecule has 0 atom stereocenters. The SMILES string of the molecule is O=C(NC1CCCC1)c1cc(S(=O)(=O)N2CCCCC2)ccc1F. The second-order valence-corrected chi connectivity index (χ2v) is 8.50. The Hall–Kier alpha value is -1.47. The smallest absolute Gasteiger partial charge is 0.254 e. The third kappa shape index (κ3) is 3.62. The number of sulfonamides is 1. The second-order valence-electron chi connectivity index (χ2n) is 6.56. The molecule has 2 fully saturated rings. The van der Waals surface area contributed by atoms with Crippen LogP contribution in [0.2, 0.25) is 0 Å². The zero-order valence-corrected chi connectivity index (χ0v) is 14.4. The molecular weight excluding hydrogens is 331 g/mol. The van der Waals surface area contributed by atoms with Crippen molar-refractivity contribution in [2.45, 2.75) is 55.9 Å². The number of hydrogen-bond donors (Lipinski definition) is 1. The fourth-order valence-electron chi connectivity index (χ4n) is 3.43. The second kappa shape index (κ2) is 7.19. The van der Waals surface area contributed by atoms with E-state index >= 15 is 0 Å². The van der Waals surface area contributed by atoms with E-state index in [-0.39, 0.29) is 16.5 Å². The van der Waals surface area contributed by atoms with Crippen LogP contribution in [-0.4, -0.2) is 37.8 Å². The minimum atomic E-state index is -3.68. The number of amides is 1. The molecule has 0 radical (unpaired) electrons. The van der Waals surface area contributed by atoms with Crippen molar-refractivity contribution in [1.29, 1.82) is 0 Å². The molecule has 1 aliphatic heterocycles. The number of halogens is 1. The average Bonchev–Trinajstić information content (AvgIpc) is 3.08. The molecule has 5 nitrogen and oxygen atoms in total. The van der Waals surface area contributed by atoms with Crippen LogP contribution in [0.25, 0.3) is 0 Å². The van der Waals surface area contributed by atoms with Gasteiger partial charge < -0.3 is 5.32 Å². The molecule has 0 aromatic heterocycles. The fraction of sp³-hybridized carbons (Fsp3) is 0.588. The van der Waals surface area contributed by atoms with Crippen LogP contribution in [0, 0.1) is 5.82 Å². The summed E-state index contributed by atoms with van der Waals surface area (Å²) in [5, 5.41) is 2.81. The Morgan fingerprint density at radius 3 is 2.42 bits per heavy atom. The molecule has 24 heavy (non-hydrogen) atoms. The lowest BCUT2D eigenvalue weighted by Gasteiger charge is -2.26. The number of rotatable bonds is 4. The Labute approximate surface area is 142 Å². The van der Waals surface area contributed by atoms with Gasteiger partial charge in [-0.3, -0.25) is 4.79 Å². The number of benzene rings is 1. The molecule has 1 amide bonds. The molecule has 7 heteroatoms. The van der Waals surface area contributed by atoms with E-state index in [0.717, 1.165) is 51.0 Å². The van der Waals surface area contributed by atoms with Crippen molar-refractivity contribution in [2.24, 2.45) is 0 Å². The minimum Gasteiger partial charge on any atom is -0.349 e. The molecule has 2 aliphatic rings. The molecule has 0 spiro atoms. The van der Waals surface area contributed by atoms with Crippen LogP contribution in [0.5, 0.6) is 0 Å². The lowest BCUT2D eigenvalue weighted by molar-refractivity contribution is 0.0933. The lowest BCUT2D eigenvalue weighted by Crippen LogP contribution is -2.36. The Morgan fingerprint density at radius 1 is 1.08 bits per heavy atom. The zero-order valence-electron chi connectivity index (χ0n) is 13.6. The number of nitrogens with zero attached hydrogens (tertiary/aromatic N) is 1. The summed E-state index contributed by atoms with van der Waals surface area (Å²) in [7, 11) is -3.68. The molecule has 1 saturated heterocycles. The number of nitrogens with one attached hydrogen (secondary N) is 1. The first-order chi connectivity index (χ1) is 11.5. The van der Waals surface area contributed by atoms with Gasteiger partial charge in [0.05, 0.1) is 10.5 Å². The van der Waals surface area contributed by atoms with Gasteiger partial charge in [0.1, 0.15) is 5.82 Å². The first kappa shape index (κ1) is 17.4. The van der Waals surface area contributed by atoms with Crippen molar-refractivity contribution in [3.8, 4) is 0 Å². The van der Waals surface area contributed by atoms with Crippen LogP contribution >= 0.6 is 0 Å². The summed E-state index contributed by atoms with van der Waals surface area (Å²) < 4.78 is 40.9. The molecule has 1 aromatic carbocycles. The van der Waals surface area contributed by atoms with Gasteiger partial charge in [0.2, 0.25) is 10.0 Å². The van der Waals surface area contributed by atoms with E-state index in [2.05, 4.69) is 5.32 Å². The number of hydrogen-bond acceptors (Lipinski definition) is 3. The van der Waals surface area contributed by atoms with Crippen molar-refractivity contribution in [3.63, 3.8) is 0 Å². The molecular formula is C17H23FN2O3S. The van der Waals surface area contributed by atoms with E-state index in [1.807, 2.05) is 0 Å². The number of carbonyl (C=O) groups is 1. The highest BCUT2D eigenvalue weighted by Gasteiger charge is 2.28. The molecule has 1 saturated carbocycles. The number of carbonyl (C=O) groups excluding carboxylic acids is 1. The van der Waals surface area contributed by atoms with Gasteiger partial charge in [-0.1, -0.05) is 19.3 Å². The van der Waals surface area contributed by atoms with Gasteiger partial charge in [-0.2, -0.15) is 4.31 Å². The Morgan fingerprint density at radius 2 is 1.75 bits per heavy atom. The molecule has 1 aliphatic carbocycles. The average molecular weight is 354 g/mol. The molecule has 0 unspecified atom stereocenters. The van der Waals surface area contributed by atoms with E-state index in [0.29, 0.717) is 13.1 Å². The summed E-state index contributed by atoms with van der Waals surface area (Å²) in [6, 6.07) is 3.54. The van der Waals surface area contributed by atoms with Crippen LogP contribution in [0.3, 0.4) is 0 Å². The Bertz CT molecular complexity index is 709. The van der Waals surface area contributed by atoms with Gasteiger partial charge in [-0.15, -0.1) is 0 Å². The maximum absolute atomic E-state index is 14.1. The zero-order chi connectivity index (χ0) is 17.2. The van der Waals surface area contributed by atoms with Crippen molar-refractivity contribution in [1.82, 2.24) is 9.62 Å². The van der Waals surface area contributed by atoms with Crippen molar-refractivity contribution in [3.05, 3.63) is 29.6 Å². The summed E-state index contributed by atoms with van der Waals surface area (Å²) in [5.74, 6) is -1.22. The summed E-state index contributed by atoms with van der Waals surface area (Å²) >= 11 is 0. The first-order valence-corrected chi connectivity index (χ1v) is 10.0. The number of piperidine rings is 1. The monoisotopic (exact) mass is 354 g/mol. The Kier molecular flexibility index (Phi) is 5.20. The van der Waals surface area contributed by atoms with Crippen LogP contribution < -0.4 is 5.32 Å². The van der Waals surface area contributed by atoms with E-state index in [1.54, 1.807) is 0 Å². The van der Waals surface area contributed by atoms with E-state index in [9.17, 15) is 17.6 Å². The van der Waals surface area contributed by atoms with Gasteiger partial charge in [-0.25, -0.2) is 12.8 Å². The lowest BCUT2D eigenvalue weighted by atomic mass is 10.1. The fourth-order valence-corrected chi connectivity index (χ4v) is 4.97. The van der Waals surface area contributed by atoms with Crippen molar-refractivity contribution in [2.75, 3.05) is 13.1 Å². The van der Waals surface area contributed by atoms with Gasteiger partial charge >= 0.3 is 0 Å². The Balaban J connectivity index is 1.83. The van der Waals surface area contributed by atoms with Gasteiger partial charge in [0, 0.05) is 19.1 Å². The van der Waals surface area contributed by atoms with E-state index in [1.165, 1.54) is 16.4 Å². The summed E-state index contributed by atoms with van der Waals surface area (Å²) in [6.45, 7) is 0.951. The van der Waals surface area contributed by atoms with Crippen LogP contribution in [0.1, 0.15) is 55.3 Å². The third-order valence-electron chi connectivity index (χ3n) is 4.83. The predicted molar refractivity (Wildman–Crippen MR) is 88.7 cm³/mol. The van der Waals surface area contributed by atoms with Crippen LogP contribution in [0.4, 0.5) is 4.39 Å². The minimum absolute atomic E-state index is 0.0117. The van der Waals surface area contributed by atoms with E-state index < -0.39 is 21.7 Å². The van der Waals surface area contributed by atoms with E-state index in [4.69, 9.17) is 0 Å². The summed E-state index contributed by atoms with van der Waals surface area (Å²) in [6.07, 6.45) is 6.56. The largest absolute Gasteiger partial charge is 0.349 e. The predicted octanol–water partition coefficient (Wildman–Crippen LogP) is 2.67. The molecule has 1 N–H and O–H groups in total.